The van der Waals surface area contributed by atoms with Crippen LogP contribution in [-0.4, -0.2) is 42.5 Å². The number of primary amides is 1. The van der Waals surface area contributed by atoms with Crippen LogP contribution in [-0.2, 0) is 20.7 Å². The van der Waals surface area contributed by atoms with Crippen molar-refractivity contribution in [3.05, 3.63) is 60.2 Å². The van der Waals surface area contributed by atoms with E-state index in [0.717, 1.165) is 16.7 Å². The van der Waals surface area contributed by atoms with E-state index in [1.807, 2.05) is 54.6 Å². The average Bonchev–Trinajstić information content (AvgIpc) is 3.08. The topological polar surface area (TPSA) is 72.6 Å². The molecule has 130 valence electrons. The van der Waals surface area contributed by atoms with Gasteiger partial charge in [0.2, 0.25) is 11.8 Å². The summed E-state index contributed by atoms with van der Waals surface area (Å²) in [6.45, 7) is 0.408. The maximum absolute atomic E-state index is 12.6. The van der Waals surface area contributed by atoms with Crippen LogP contribution in [0.2, 0.25) is 0 Å². The van der Waals surface area contributed by atoms with E-state index in [0.29, 0.717) is 13.0 Å². The van der Waals surface area contributed by atoms with Gasteiger partial charge in [-0.05, 0) is 16.7 Å². The summed E-state index contributed by atoms with van der Waals surface area (Å²) in [7, 11) is 1.58. The molecule has 5 nitrogen and oxygen atoms in total. The number of benzene rings is 2. The number of nitrogens with zero attached hydrogens (tertiary/aromatic N) is 1. The van der Waals surface area contributed by atoms with Crippen LogP contribution in [0.4, 0.5) is 0 Å². The van der Waals surface area contributed by atoms with Crippen molar-refractivity contribution in [1.82, 2.24) is 4.90 Å². The normalized spacial score (nSPS) is 19.8. The maximum Gasteiger partial charge on any atom is 0.240 e. The summed E-state index contributed by atoms with van der Waals surface area (Å²) in [5.74, 6) is -0.580. The first-order valence-corrected chi connectivity index (χ1v) is 8.34. The second-order valence-corrected chi connectivity index (χ2v) is 6.30. The fraction of sp³-hybridized carbons (Fsp3) is 0.300. The zero-order chi connectivity index (χ0) is 17.8. The summed E-state index contributed by atoms with van der Waals surface area (Å²) in [5, 5.41) is 0. The molecular weight excluding hydrogens is 316 g/mol. The third kappa shape index (κ3) is 3.88. The van der Waals surface area contributed by atoms with Gasteiger partial charge in [-0.2, -0.15) is 0 Å². The smallest absolute Gasteiger partial charge is 0.240 e. The Morgan fingerprint density at radius 3 is 2.32 bits per heavy atom. The first-order valence-electron chi connectivity index (χ1n) is 8.34. The summed E-state index contributed by atoms with van der Waals surface area (Å²) in [6.07, 6.45) is 0.571. The molecular formula is C20H22N2O3. The van der Waals surface area contributed by atoms with Gasteiger partial charge in [0, 0.05) is 20.1 Å². The molecule has 0 radical (unpaired) electrons. The van der Waals surface area contributed by atoms with Crippen molar-refractivity contribution in [2.24, 2.45) is 5.73 Å². The van der Waals surface area contributed by atoms with Crippen molar-refractivity contribution in [3.63, 3.8) is 0 Å². The molecule has 3 rings (SSSR count). The molecule has 0 bridgehead atoms. The SMILES string of the molecule is CO[C@H]1C[C@@H](C(N)=O)N(C(=O)Cc2ccc(-c3ccccc3)cc2)C1. The van der Waals surface area contributed by atoms with Crippen LogP contribution in [0.5, 0.6) is 0 Å². The molecule has 1 heterocycles. The minimum Gasteiger partial charge on any atom is -0.380 e. The number of likely N-dealkylation sites (tertiary alicyclic amines) is 1. The summed E-state index contributed by atoms with van der Waals surface area (Å²) in [5.41, 5.74) is 8.58. The number of ether oxygens (including phenoxy) is 1. The number of hydrogen-bond donors (Lipinski definition) is 1. The van der Waals surface area contributed by atoms with Crippen molar-refractivity contribution < 1.29 is 14.3 Å². The predicted octanol–water partition coefficient (Wildman–Crippen LogP) is 2.00. The monoisotopic (exact) mass is 338 g/mol. The van der Waals surface area contributed by atoms with Gasteiger partial charge in [-0.3, -0.25) is 9.59 Å². The molecule has 0 unspecified atom stereocenters. The minimum atomic E-state index is -0.582. The molecule has 0 aliphatic carbocycles. The molecule has 0 saturated carbocycles. The number of carbonyl (C=O) groups is 2. The van der Waals surface area contributed by atoms with Crippen molar-refractivity contribution in [2.45, 2.75) is 25.0 Å². The molecule has 25 heavy (non-hydrogen) atoms. The Morgan fingerprint density at radius 2 is 1.72 bits per heavy atom. The highest BCUT2D eigenvalue weighted by atomic mass is 16.5. The zero-order valence-corrected chi connectivity index (χ0v) is 14.2. The van der Waals surface area contributed by atoms with Crippen LogP contribution >= 0.6 is 0 Å². The fourth-order valence-corrected chi connectivity index (χ4v) is 3.24. The van der Waals surface area contributed by atoms with E-state index in [1.165, 1.54) is 0 Å². The lowest BCUT2D eigenvalue weighted by molar-refractivity contribution is -0.136. The largest absolute Gasteiger partial charge is 0.380 e. The van der Waals surface area contributed by atoms with Gasteiger partial charge in [-0.1, -0.05) is 54.6 Å². The second-order valence-electron chi connectivity index (χ2n) is 6.30. The maximum atomic E-state index is 12.6. The Kier molecular flexibility index (Phi) is 5.14. The fourth-order valence-electron chi connectivity index (χ4n) is 3.24. The number of nitrogens with two attached hydrogens (primary N) is 1. The van der Waals surface area contributed by atoms with Gasteiger partial charge in [0.15, 0.2) is 0 Å². The highest BCUT2D eigenvalue weighted by molar-refractivity contribution is 5.88. The molecule has 5 heteroatoms. The summed E-state index contributed by atoms with van der Waals surface area (Å²) in [4.78, 5) is 25.8. The van der Waals surface area contributed by atoms with Crippen molar-refractivity contribution in [1.29, 1.82) is 0 Å². The van der Waals surface area contributed by atoms with E-state index in [1.54, 1.807) is 12.0 Å². The molecule has 1 saturated heterocycles. The molecule has 2 aromatic carbocycles. The van der Waals surface area contributed by atoms with Gasteiger partial charge in [0.25, 0.3) is 0 Å². The molecule has 1 fully saturated rings. The number of rotatable bonds is 5. The molecule has 1 aliphatic heterocycles. The average molecular weight is 338 g/mol. The Morgan fingerprint density at radius 1 is 1.08 bits per heavy atom. The van der Waals surface area contributed by atoms with Crippen LogP contribution < -0.4 is 5.73 Å². The quantitative estimate of drug-likeness (QED) is 0.906. The standard InChI is InChI=1S/C20H22N2O3/c1-25-17-12-18(20(21)24)22(13-17)19(23)11-14-7-9-16(10-8-14)15-5-3-2-4-6-15/h2-10,17-18H,11-13H2,1H3,(H2,21,24)/t17-,18-/m0/s1. The zero-order valence-electron chi connectivity index (χ0n) is 14.2. The van der Waals surface area contributed by atoms with Gasteiger partial charge in [-0.15, -0.1) is 0 Å². The van der Waals surface area contributed by atoms with Gasteiger partial charge in [0.1, 0.15) is 6.04 Å². The third-order valence-electron chi connectivity index (χ3n) is 4.66. The first-order chi connectivity index (χ1) is 12.1. The lowest BCUT2D eigenvalue weighted by Gasteiger charge is -2.22. The van der Waals surface area contributed by atoms with E-state index in [-0.39, 0.29) is 18.4 Å². The van der Waals surface area contributed by atoms with E-state index < -0.39 is 11.9 Å². The number of methoxy groups -OCH3 is 1. The lowest BCUT2D eigenvalue weighted by Crippen LogP contribution is -2.44. The second kappa shape index (κ2) is 7.49. The molecule has 2 N–H and O–H groups in total. The molecule has 1 aliphatic rings. The van der Waals surface area contributed by atoms with Crippen molar-refractivity contribution in [3.8, 4) is 11.1 Å². The molecule has 0 aromatic heterocycles. The predicted molar refractivity (Wildman–Crippen MR) is 95.7 cm³/mol. The van der Waals surface area contributed by atoms with Crippen LogP contribution in [0.1, 0.15) is 12.0 Å². The van der Waals surface area contributed by atoms with Gasteiger partial charge >= 0.3 is 0 Å². The first kappa shape index (κ1) is 17.2. The van der Waals surface area contributed by atoms with Crippen LogP contribution in [0.15, 0.2) is 54.6 Å². The highest BCUT2D eigenvalue weighted by Crippen LogP contribution is 2.23. The van der Waals surface area contributed by atoms with Crippen molar-refractivity contribution in [2.75, 3.05) is 13.7 Å². The van der Waals surface area contributed by atoms with E-state index in [9.17, 15) is 9.59 Å². The molecule has 2 aromatic rings. The Hall–Kier alpha value is -2.66. The van der Waals surface area contributed by atoms with Gasteiger partial charge in [-0.25, -0.2) is 0 Å². The van der Waals surface area contributed by atoms with Crippen LogP contribution in [0.25, 0.3) is 11.1 Å². The summed E-state index contributed by atoms with van der Waals surface area (Å²) >= 11 is 0. The van der Waals surface area contributed by atoms with Gasteiger partial charge < -0.3 is 15.4 Å². The Bertz CT molecular complexity index is 743. The molecule has 0 spiro atoms. The number of hydrogen-bond acceptors (Lipinski definition) is 3. The summed E-state index contributed by atoms with van der Waals surface area (Å²) < 4.78 is 5.29. The highest BCUT2D eigenvalue weighted by Gasteiger charge is 2.38. The van der Waals surface area contributed by atoms with E-state index in [2.05, 4.69) is 0 Å². The lowest BCUT2D eigenvalue weighted by atomic mass is 10.0. The number of amides is 2. The summed E-state index contributed by atoms with van der Waals surface area (Å²) in [6, 6.07) is 17.4. The van der Waals surface area contributed by atoms with Gasteiger partial charge in [0.05, 0.1) is 12.5 Å². The molecule has 2 amide bonds. The van der Waals surface area contributed by atoms with Crippen LogP contribution in [0, 0.1) is 0 Å². The van der Waals surface area contributed by atoms with Crippen molar-refractivity contribution >= 4 is 11.8 Å². The third-order valence-corrected chi connectivity index (χ3v) is 4.66. The Labute approximate surface area is 147 Å². The Balaban J connectivity index is 1.69. The van der Waals surface area contributed by atoms with E-state index in [4.69, 9.17) is 10.5 Å². The van der Waals surface area contributed by atoms with Crippen LogP contribution in [0.3, 0.4) is 0 Å². The van der Waals surface area contributed by atoms with E-state index >= 15 is 0 Å². The number of carbonyl (C=O) groups excluding carboxylic acids is 2. The molecule has 2 atom stereocenters. The minimum absolute atomic E-state index is 0.101.